The molecule has 200 valence electrons. The molecule has 0 aromatic heterocycles. The van der Waals surface area contributed by atoms with E-state index in [2.05, 4.69) is 5.32 Å². The predicted molar refractivity (Wildman–Crippen MR) is 141 cm³/mol. The van der Waals surface area contributed by atoms with Crippen LogP contribution in [0.4, 0.5) is 5.69 Å². The van der Waals surface area contributed by atoms with Gasteiger partial charge in [0.15, 0.2) is 17.3 Å². The molecular formula is C29H32N2O7. The quantitative estimate of drug-likeness (QED) is 0.283. The molecule has 0 saturated carbocycles. The number of nitro benzene ring substituents is 1. The molecule has 2 aromatic rings. The number of methoxy groups -OCH3 is 2. The summed E-state index contributed by atoms with van der Waals surface area (Å²) in [5.74, 6) is -0.390. The standard InChI is InChI=1S/C29H32N2O7/c1-6-16(2)38-29(33)26-17(3)30-22-13-20(18-10-11-24(36-4)25(15-18)37-5)14-23(32)28(22)27(26)19-8-7-9-21(12-19)31(34)35/h7-12,15-16,20,27,30H,6,13-14H2,1-5H3/t16-,20-,27+/m1/s1. The lowest BCUT2D eigenvalue weighted by atomic mass is 9.71. The Hall–Kier alpha value is -4.14. The zero-order valence-electron chi connectivity index (χ0n) is 22.2. The van der Waals surface area contributed by atoms with E-state index in [9.17, 15) is 19.7 Å². The summed E-state index contributed by atoms with van der Waals surface area (Å²) in [6.07, 6.45) is 1.05. The maximum absolute atomic E-state index is 13.8. The Kier molecular flexibility index (Phi) is 7.85. The molecule has 2 aliphatic rings. The molecule has 38 heavy (non-hydrogen) atoms. The van der Waals surface area contributed by atoms with Crippen LogP contribution in [-0.2, 0) is 14.3 Å². The van der Waals surface area contributed by atoms with Gasteiger partial charge >= 0.3 is 5.97 Å². The van der Waals surface area contributed by atoms with Gasteiger partial charge in [-0.1, -0.05) is 25.1 Å². The first kappa shape index (κ1) is 26.9. The number of carbonyl (C=O) groups excluding carboxylic acids is 2. The molecule has 0 amide bonds. The Balaban J connectivity index is 1.80. The number of hydrogen-bond donors (Lipinski definition) is 1. The van der Waals surface area contributed by atoms with Gasteiger partial charge in [0.1, 0.15) is 0 Å². The average Bonchev–Trinajstić information content (AvgIpc) is 2.91. The Labute approximate surface area is 221 Å². The molecule has 0 saturated heterocycles. The van der Waals surface area contributed by atoms with E-state index in [-0.39, 0.29) is 29.9 Å². The van der Waals surface area contributed by atoms with Gasteiger partial charge in [0, 0.05) is 41.4 Å². The lowest BCUT2D eigenvalue weighted by Crippen LogP contribution is -2.36. The normalized spacial score (nSPS) is 19.9. The summed E-state index contributed by atoms with van der Waals surface area (Å²) in [5, 5.41) is 14.8. The highest BCUT2D eigenvalue weighted by atomic mass is 16.6. The van der Waals surface area contributed by atoms with Crippen LogP contribution in [0.3, 0.4) is 0 Å². The van der Waals surface area contributed by atoms with Crippen LogP contribution < -0.4 is 14.8 Å². The van der Waals surface area contributed by atoms with Crippen LogP contribution in [0.2, 0.25) is 0 Å². The number of carbonyl (C=O) groups is 2. The van der Waals surface area contributed by atoms with Crippen molar-refractivity contribution in [3.8, 4) is 11.5 Å². The van der Waals surface area contributed by atoms with E-state index in [1.165, 1.54) is 12.1 Å². The van der Waals surface area contributed by atoms with Crippen molar-refractivity contribution in [3.05, 3.63) is 86.2 Å². The lowest BCUT2D eigenvalue weighted by molar-refractivity contribution is -0.384. The molecule has 1 N–H and O–H groups in total. The Morgan fingerprint density at radius 1 is 1.11 bits per heavy atom. The molecule has 1 heterocycles. The first-order valence-electron chi connectivity index (χ1n) is 12.6. The fourth-order valence-corrected chi connectivity index (χ4v) is 5.13. The molecule has 3 atom stereocenters. The van der Waals surface area contributed by atoms with Crippen LogP contribution in [0.1, 0.15) is 63.0 Å². The van der Waals surface area contributed by atoms with Gasteiger partial charge in [-0.05, 0) is 55.9 Å². The number of nitro groups is 1. The third-order valence-electron chi connectivity index (χ3n) is 7.22. The van der Waals surface area contributed by atoms with Crippen LogP contribution in [-0.4, -0.2) is 37.0 Å². The third kappa shape index (κ3) is 5.14. The van der Waals surface area contributed by atoms with Crippen molar-refractivity contribution in [2.24, 2.45) is 0 Å². The highest BCUT2D eigenvalue weighted by molar-refractivity contribution is 6.04. The fraction of sp³-hybridized carbons (Fsp3) is 0.379. The highest BCUT2D eigenvalue weighted by Crippen LogP contribution is 2.47. The number of nitrogens with one attached hydrogen (secondary N) is 1. The van der Waals surface area contributed by atoms with Gasteiger partial charge in [-0.2, -0.15) is 0 Å². The van der Waals surface area contributed by atoms with Gasteiger partial charge in [0.25, 0.3) is 5.69 Å². The smallest absolute Gasteiger partial charge is 0.337 e. The van der Waals surface area contributed by atoms with Crippen molar-refractivity contribution >= 4 is 17.4 Å². The first-order chi connectivity index (χ1) is 18.2. The molecule has 0 fully saturated rings. The van der Waals surface area contributed by atoms with Crippen molar-refractivity contribution < 1.29 is 28.7 Å². The van der Waals surface area contributed by atoms with Crippen LogP contribution in [0.25, 0.3) is 0 Å². The number of ether oxygens (including phenoxy) is 3. The van der Waals surface area contributed by atoms with E-state index < -0.39 is 16.8 Å². The monoisotopic (exact) mass is 520 g/mol. The van der Waals surface area contributed by atoms with Crippen LogP contribution in [0, 0.1) is 10.1 Å². The number of rotatable bonds is 8. The molecular weight excluding hydrogens is 488 g/mol. The fourth-order valence-electron chi connectivity index (χ4n) is 5.13. The summed E-state index contributed by atoms with van der Waals surface area (Å²) in [5.41, 5.74) is 3.33. The van der Waals surface area contributed by atoms with Crippen LogP contribution in [0.15, 0.2) is 65.0 Å². The lowest BCUT2D eigenvalue weighted by Gasteiger charge is -2.37. The van der Waals surface area contributed by atoms with Gasteiger partial charge in [-0.15, -0.1) is 0 Å². The van der Waals surface area contributed by atoms with E-state index >= 15 is 0 Å². The largest absolute Gasteiger partial charge is 0.493 e. The number of Topliss-reactive ketones (excluding diaryl/α,β-unsaturated/α-hetero) is 1. The third-order valence-corrected chi connectivity index (χ3v) is 7.22. The Morgan fingerprint density at radius 3 is 2.50 bits per heavy atom. The minimum absolute atomic E-state index is 0.109. The number of ketones is 1. The zero-order chi connectivity index (χ0) is 27.6. The van der Waals surface area contributed by atoms with E-state index in [0.29, 0.717) is 52.4 Å². The number of hydrogen-bond acceptors (Lipinski definition) is 8. The van der Waals surface area contributed by atoms with E-state index in [1.807, 2.05) is 25.1 Å². The second-order valence-corrected chi connectivity index (χ2v) is 9.61. The number of esters is 1. The highest BCUT2D eigenvalue weighted by Gasteiger charge is 2.42. The van der Waals surface area contributed by atoms with Crippen molar-refractivity contribution in [2.45, 2.75) is 58.0 Å². The number of nitrogens with zero attached hydrogens (tertiary/aromatic N) is 1. The minimum Gasteiger partial charge on any atom is -0.493 e. The summed E-state index contributed by atoms with van der Waals surface area (Å²) in [6.45, 7) is 5.48. The first-order valence-corrected chi connectivity index (χ1v) is 12.6. The SMILES string of the molecule is CC[C@@H](C)OC(=O)C1=C(C)NC2=C(C(=O)C[C@H](c3ccc(OC)c(OC)c3)C2)[C@H]1c1cccc([N+](=O)[O-])c1. The number of dihydropyridines is 1. The molecule has 0 bridgehead atoms. The van der Waals surface area contributed by atoms with Gasteiger partial charge < -0.3 is 19.5 Å². The Morgan fingerprint density at radius 2 is 1.84 bits per heavy atom. The zero-order valence-corrected chi connectivity index (χ0v) is 22.2. The summed E-state index contributed by atoms with van der Waals surface area (Å²) >= 11 is 0. The van der Waals surface area contributed by atoms with Gasteiger partial charge in [0.2, 0.25) is 0 Å². The number of benzene rings is 2. The Bertz CT molecular complexity index is 1340. The number of allylic oxidation sites excluding steroid dienone is 3. The van der Waals surface area contributed by atoms with E-state index in [4.69, 9.17) is 14.2 Å². The van der Waals surface area contributed by atoms with E-state index in [0.717, 1.165) is 5.56 Å². The second-order valence-electron chi connectivity index (χ2n) is 9.61. The van der Waals surface area contributed by atoms with Crippen molar-refractivity contribution in [1.29, 1.82) is 0 Å². The van der Waals surface area contributed by atoms with Crippen LogP contribution >= 0.6 is 0 Å². The van der Waals surface area contributed by atoms with Gasteiger partial charge in [-0.3, -0.25) is 14.9 Å². The molecule has 0 spiro atoms. The summed E-state index contributed by atoms with van der Waals surface area (Å²) in [6, 6.07) is 11.7. The molecule has 2 aromatic carbocycles. The average molecular weight is 521 g/mol. The molecule has 1 aliphatic carbocycles. The molecule has 4 rings (SSSR count). The minimum atomic E-state index is -0.776. The van der Waals surface area contributed by atoms with Gasteiger partial charge in [-0.25, -0.2) is 4.79 Å². The van der Waals surface area contributed by atoms with Crippen molar-refractivity contribution in [3.63, 3.8) is 0 Å². The predicted octanol–water partition coefficient (Wildman–Crippen LogP) is 5.32. The molecule has 9 heteroatoms. The van der Waals surface area contributed by atoms with E-state index in [1.54, 1.807) is 40.2 Å². The summed E-state index contributed by atoms with van der Waals surface area (Å²) < 4.78 is 16.5. The van der Waals surface area contributed by atoms with Crippen molar-refractivity contribution in [2.75, 3.05) is 14.2 Å². The molecule has 1 aliphatic heterocycles. The van der Waals surface area contributed by atoms with Crippen LogP contribution in [0.5, 0.6) is 11.5 Å². The molecule has 0 radical (unpaired) electrons. The maximum Gasteiger partial charge on any atom is 0.337 e. The van der Waals surface area contributed by atoms with Gasteiger partial charge in [0.05, 0.1) is 30.8 Å². The second kappa shape index (κ2) is 11.1. The maximum atomic E-state index is 13.8. The van der Waals surface area contributed by atoms with Crippen molar-refractivity contribution in [1.82, 2.24) is 5.32 Å². The number of non-ortho nitro benzene ring substituents is 1. The summed E-state index contributed by atoms with van der Waals surface area (Å²) in [4.78, 5) is 38.2. The topological polar surface area (TPSA) is 117 Å². The molecule has 0 unspecified atom stereocenters. The molecule has 9 nitrogen and oxygen atoms in total. The summed E-state index contributed by atoms with van der Waals surface area (Å²) in [7, 11) is 3.13.